The van der Waals surface area contributed by atoms with Crippen LogP contribution in [-0.4, -0.2) is 14.8 Å². The van der Waals surface area contributed by atoms with Gasteiger partial charge in [-0.2, -0.15) is 5.10 Å². The van der Waals surface area contributed by atoms with Gasteiger partial charge in [0.2, 0.25) is 0 Å². The minimum absolute atomic E-state index is 0.0458. The van der Waals surface area contributed by atoms with E-state index in [0.29, 0.717) is 0 Å². The van der Waals surface area contributed by atoms with Crippen LogP contribution >= 0.6 is 0 Å². The van der Waals surface area contributed by atoms with Gasteiger partial charge in [-0.1, -0.05) is 55.8 Å². The van der Waals surface area contributed by atoms with Crippen molar-refractivity contribution in [3.8, 4) is 17.1 Å². The fourth-order valence-corrected chi connectivity index (χ4v) is 4.03. The predicted octanol–water partition coefficient (Wildman–Crippen LogP) is 4.69. The van der Waals surface area contributed by atoms with Gasteiger partial charge in [-0.25, -0.2) is 9.67 Å². The number of benzene rings is 2. The van der Waals surface area contributed by atoms with Gasteiger partial charge < -0.3 is 0 Å². The Balaban J connectivity index is 2.02. The van der Waals surface area contributed by atoms with Crippen molar-refractivity contribution in [3.63, 3.8) is 0 Å². The van der Waals surface area contributed by atoms with Crippen molar-refractivity contribution in [1.82, 2.24) is 14.8 Å². The molecule has 2 heterocycles. The van der Waals surface area contributed by atoms with Crippen LogP contribution < -0.4 is 0 Å². The molecule has 0 fully saturated rings. The first kappa shape index (κ1) is 15.1. The minimum Gasteiger partial charge on any atom is -0.212 e. The van der Waals surface area contributed by atoms with E-state index in [4.69, 9.17) is 10.1 Å². The first-order valence-corrected chi connectivity index (χ1v) is 8.51. The van der Waals surface area contributed by atoms with E-state index in [9.17, 15) is 0 Å². The number of aryl methyl sites for hydroxylation is 3. The van der Waals surface area contributed by atoms with E-state index in [1.807, 2.05) is 4.68 Å². The quantitative estimate of drug-likeness (QED) is 0.651. The molecule has 24 heavy (non-hydrogen) atoms. The highest BCUT2D eigenvalue weighted by molar-refractivity contribution is 5.67. The van der Waals surface area contributed by atoms with Crippen LogP contribution in [0.2, 0.25) is 0 Å². The molecule has 4 rings (SSSR count). The second-order valence-electron chi connectivity index (χ2n) is 7.62. The highest BCUT2D eigenvalue weighted by atomic mass is 15.4. The Hall–Kier alpha value is -2.42. The average molecular weight is 317 g/mol. The number of aromatic nitrogens is 3. The second-order valence-corrected chi connectivity index (χ2v) is 7.62. The van der Waals surface area contributed by atoms with Crippen LogP contribution in [0.3, 0.4) is 0 Å². The Morgan fingerprint density at radius 1 is 1.00 bits per heavy atom. The Morgan fingerprint density at radius 3 is 2.38 bits per heavy atom. The summed E-state index contributed by atoms with van der Waals surface area (Å²) in [6.45, 7) is 11.0. The van der Waals surface area contributed by atoms with E-state index in [2.05, 4.69) is 71.0 Å². The summed E-state index contributed by atoms with van der Waals surface area (Å²) in [7, 11) is 0. The van der Waals surface area contributed by atoms with Crippen molar-refractivity contribution < 1.29 is 0 Å². The van der Waals surface area contributed by atoms with Crippen molar-refractivity contribution in [3.05, 3.63) is 64.5 Å². The largest absolute Gasteiger partial charge is 0.212 e. The molecule has 0 saturated heterocycles. The molecule has 3 heteroatoms. The molecule has 1 aliphatic heterocycles. The number of fused-ring (bicyclic) bond motifs is 4. The Kier molecular flexibility index (Phi) is 3.17. The maximum absolute atomic E-state index is 4.88. The normalized spacial score (nSPS) is 15.0. The van der Waals surface area contributed by atoms with Gasteiger partial charge in [0.1, 0.15) is 0 Å². The topological polar surface area (TPSA) is 30.7 Å². The predicted molar refractivity (Wildman–Crippen MR) is 97.7 cm³/mol. The van der Waals surface area contributed by atoms with Crippen LogP contribution in [0.15, 0.2) is 36.4 Å². The molecule has 0 atom stereocenters. The summed E-state index contributed by atoms with van der Waals surface area (Å²) in [5.41, 5.74) is 7.50. The summed E-state index contributed by atoms with van der Waals surface area (Å²) in [4.78, 5) is 4.88. The molecule has 1 aliphatic rings. The molecule has 2 bridgehead atoms. The van der Waals surface area contributed by atoms with Crippen LogP contribution in [-0.2, 0) is 11.8 Å². The van der Waals surface area contributed by atoms with E-state index in [1.165, 1.54) is 27.8 Å². The zero-order chi connectivity index (χ0) is 17.1. The maximum Gasteiger partial charge on any atom is 0.163 e. The lowest BCUT2D eigenvalue weighted by atomic mass is 9.79. The minimum atomic E-state index is 0.0458. The molecule has 0 amide bonds. The third-order valence-electron chi connectivity index (χ3n) is 5.00. The van der Waals surface area contributed by atoms with Crippen molar-refractivity contribution in [2.45, 2.75) is 46.5 Å². The van der Waals surface area contributed by atoms with Crippen LogP contribution in [0.25, 0.3) is 17.1 Å². The van der Waals surface area contributed by atoms with Crippen molar-refractivity contribution in [2.24, 2.45) is 0 Å². The molecular formula is C21H23N3. The van der Waals surface area contributed by atoms with E-state index in [-0.39, 0.29) is 5.41 Å². The number of hydrogen-bond donors (Lipinski definition) is 0. The molecule has 0 N–H and O–H groups in total. The lowest BCUT2D eigenvalue weighted by molar-refractivity contribution is 0.508. The van der Waals surface area contributed by atoms with Crippen LogP contribution in [0.1, 0.15) is 41.9 Å². The average Bonchev–Trinajstić information content (AvgIpc) is 2.83. The number of rotatable bonds is 1. The van der Waals surface area contributed by atoms with Crippen molar-refractivity contribution in [1.29, 1.82) is 0 Å². The molecule has 3 aromatic rings. The lowest BCUT2D eigenvalue weighted by Gasteiger charge is -2.26. The van der Waals surface area contributed by atoms with Gasteiger partial charge in [-0.15, -0.1) is 0 Å². The highest BCUT2D eigenvalue weighted by Crippen LogP contribution is 2.39. The van der Waals surface area contributed by atoms with E-state index in [1.54, 1.807) is 0 Å². The Bertz CT molecular complexity index is 924. The highest BCUT2D eigenvalue weighted by Gasteiger charge is 2.32. The Morgan fingerprint density at radius 2 is 1.67 bits per heavy atom. The monoisotopic (exact) mass is 317 g/mol. The van der Waals surface area contributed by atoms with Gasteiger partial charge in [0.15, 0.2) is 11.6 Å². The first-order valence-electron chi connectivity index (χ1n) is 8.51. The van der Waals surface area contributed by atoms with Gasteiger partial charge in [0.25, 0.3) is 0 Å². The summed E-state index contributed by atoms with van der Waals surface area (Å²) in [6, 6.07) is 13.0. The SMILES string of the molecule is Cc1cc(C)c(-n2nc3nc2-c2ccccc2C(C)(C)C3)c(C)c1. The summed E-state index contributed by atoms with van der Waals surface area (Å²) in [6.07, 6.45) is 0.855. The van der Waals surface area contributed by atoms with Crippen LogP contribution in [0.5, 0.6) is 0 Å². The van der Waals surface area contributed by atoms with E-state index < -0.39 is 0 Å². The Labute approximate surface area is 143 Å². The van der Waals surface area contributed by atoms with Gasteiger partial charge >= 0.3 is 0 Å². The first-order chi connectivity index (χ1) is 11.4. The summed E-state index contributed by atoms with van der Waals surface area (Å²) < 4.78 is 2.05. The third kappa shape index (κ3) is 2.19. The van der Waals surface area contributed by atoms with Crippen LogP contribution in [0, 0.1) is 20.8 Å². The smallest absolute Gasteiger partial charge is 0.163 e. The van der Waals surface area contributed by atoms with Gasteiger partial charge in [-0.3, -0.25) is 0 Å². The molecule has 3 nitrogen and oxygen atoms in total. The summed E-state index contributed by atoms with van der Waals surface area (Å²) in [5, 5.41) is 4.87. The molecule has 1 aromatic heterocycles. The zero-order valence-corrected chi connectivity index (χ0v) is 15.0. The molecule has 0 radical (unpaired) electrons. The number of hydrogen-bond acceptors (Lipinski definition) is 2. The van der Waals surface area contributed by atoms with Crippen LogP contribution in [0.4, 0.5) is 0 Å². The standard InChI is InChI=1S/C21H23N3/c1-13-10-14(2)19(15(3)11-13)24-20-16-8-6-7-9-17(16)21(4,5)12-18(22-20)23-24/h6-11H,12H2,1-5H3. The maximum atomic E-state index is 4.88. The summed E-state index contributed by atoms with van der Waals surface area (Å²) in [5.74, 6) is 1.88. The lowest BCUT2D eigenvalue weighted by Crippen LogP contribution is -2.22. The fraction of sp³-hybridized carbons (Fsp3) is 0.333. The van der Waals surface area contributed by atoms with Gasteiger partial charge in [-0.05, 0) is 42.9 Å². The molecule has 0 spiro atoms. The fourth-order valence-electron chi connectivity index (χ4n) is 4.03. The number of nitrogens with zero attached hydrogens (tertiary/aromatic N) is 3. The molecule has 0 saturated carbocycles. The molecular weight excluding hydrogens is 294 g/mol. The molecule has 2 aromatic carbocycles. The van der Waals surface area contributed by atoms with Crippen molar-refractivity contribution >= 4 is 0 Å². The van der Waals surface area contributed by atoms with E-state index in [0.717, 1.165) is 23.8 Å². The molecule has 0 aliphatic carbocycles. The van der Waals surface area contributed by atoms with Gasteiger partial charge in [0, 0.05) is 12.0 Å². The second kappa shape index (κ2) is 5.04. The molecule has 0 unspecified atom stereocenters. The molecule has 122 valence electrons. The zero-order valence-electron chi connectivity index (χ0n) is 15.0. The summed E-state index contributed by atoms with van der Waals surface area (Å²) >= 11 is 0. The van der Waals surface area contributed by atoms with Gasteiger partial charge in [0.05, 0.1) is 5.69 Å². The van der Waals surface area contributed by atoms with E-state index >= 15 is 0 Å². The van der Waals surface area contributed by atoms with Crippen molar-refractivity contribution in [2.75, 3.05) is 0 Å². The third-order valence-corrected chi connectivity index (χ3v) is 5.00.